The van der Waals surface area contributed by atoms with Crippen molar-refractivity contribution in [3.63, 3.8) is 0 Å². The Hall–Kier alpha value is -2.62. The summed E-state index contributed by atoms with van der Waals surface area (Å²) in [5, 5.41) is 5.15. The molecule has 4 rings (SSSR count). The lowest BCUT2D eigenvalue weighted by Gasteiger charge is -2.36. The van der Waals surface area contributed by atoms with Gasteiger partial charge in [0.05, 0.1) is 13.7 Å². The highest BCUT2D eigenvalue weighted by Crippen LogP contribution is 2.38. The Kier molecular flexibility index (Phi) is 7.87. The van der Waals surface area contributed by atoms with E-state index in [-0.39, 0.29) is 28.8 Å². The van der Waals surface area contributed by atoms with Gasteiger partial charge in [-0.25, -0.2) is 13.2 Å². The summed E-state index contributed by atoms with van der Waals surface area (Å²) in [7, 11) is -0.783. The molecule has 200 valence electrons. The number of aromatic nitrogens is 1. The Morgan fingerprint density at radius 1 is 1.03 bits per heavy atom. The zero-order chi connectivity index (χ0) is 27.0. The second-order valence-corrected chi connectivity index (χ2v) is 16.0. The van der Waals surface area contributed by atoms with Gasteiger partial charge >= 0.3 is 0 Å². The molecule has 0 unspecified atom stereocenters. The van der Waals surface area contributed by atoms with Crippen molar-refractivity contribution in [2.75, 3.05) is 7.11 Å². The van der Waals surface area contributed by atoms with Crippen molar-refractivity contribution in [1.29, 1.82) is 0 Å². The summed E-state index contributed by atoms with van der Waals surface area (Å²) >= 11 is 0. The average Bonchev–Trinajstić information content (AvgIpc) is 2.79. The molecule has 0 amide bonds. The molecule has 1 heterocycles. The van der Waals surface area contributed by atoms with Crippen LogP contribution in [0.4, 0.5) is 13.2 Å². The molecule has 1 fully saturated rings. The minimum atomic E-state index is -1.99. The number of methoxy groups -OCH3 is 1. The highest BCUT2D eigenvalue weighted by atomic mass is 28.4. The molecule has 0 bridgehead atoms. The lowest BCUT2D eigenvalue weighted by atomic mass is 9.88. The Labute approximate surface area is 217 Å². The summed E-state index contributed by atoms with van der Waals surface area (Å²) in [5.74, 6) is -2.19. The summed E-state index contributed by atoms with van der Waals surface area (Å²) in [6.45, 7) is 11.6. The van der Waals surface area contributed by atoms with Crippen LogP contribution in [0.5, 0.6) is 11.5 Å². The van der Waals surface area contributed by atoms with E-state index in [0.717, 1.165) is 28.5 Å². The fourth-order valence-corrected chi connectivity index (χ4v) is 5.15. The molecule has 0 aliphatic heterocycles. The van der Waals surface area contributed by atoms with Gasteiger partial charge in [-0.2, -0.15) is 0 Å². The molecule has 2 aromatic carbocycles. The van der Waals surface area contributed by atoms with Crippen molar-refractivity contribution in [2.24, 2.45) is 0 Å². The van der Waals surface area contributed by atoms with Gasteiger partial charge in [0, 0.05) is 48.1 Å². The number of nitrogens with zero attached hydrogens (tertiary/aromatic N) is 1. The zero-order valence-electron chi connectivity index (χ0n) is 22.3. The average molecular weight is 533 g/mol. The lowest BCUT2D eigenvalue weighted by molar-refractivity contribution is 0.0834. The number of hydrogen-bond donors (Lipinski definition) is 1. The number of halogens is 3. The summed E-state index contributed by atoms with van der Waals surface area (Å²) in [6, 6.07) is 5.75. The van der Waals surface area contributed by atoms with E-state index in [0.29, 0.717) is 31.6 Å². The smallest absolute Gasteiger partial charge is 0.192 e. The maximum atomic E-state index is 15.3. The maximum absolute atomic E-state index is 15.3. The van der Waals surface area contributed by atoms with Crippen molar-refractivity contribution in [3.8, 4) is 11.5 Å². The number of fused-ring (bicyclic) bond motifs is 1. The van der Waals surface area contributed by atoms with Gasteiger partial charge in [0.15, 0.2) is 25.7 Å². The third kappa shape index (κ3) is 5.94. The van der Waals surface area contributed by atoms with Crippen LogP contribution in [-0.4, -0.2) is 32.6 Å². The van der Waals surface area contributed by atoms with Gasteiger partial charge in [-0.1, -0.05) is 20.8 Å². The van der Waals surface area contributed by atoms with Crippen molar-refractivity contribution in [1.82, 2.24) is 10.3 Å². The summed E-state index contributed by atoms with van der Waals surface area (Å²) in [4.78, 5) is 4.27. The first-order chi connectivity index (χ1) is 17.4. The minimum absolute atomic E-state index is 0.0590. The van der Waals surface area contributed by atoms with Crippen LogP contribution in [0.3, 0.4) is 0 Å². The van der Waals surface area contributed by atoms with E-state index in [2.05, 4.69) is 44.2 Å². The van der Waals surface area contributed by atoms with Crippen molar-refractivity contribution in [2.45, 2.75) is 77.0 Å². The molecule has 37 heavy (non-hydrogen) atoms. The predicted molar refractivity (Wildman–Crippen MR) is 141 cm³/mol. The van der Waals surface area contributed by atoms with Gasteiger partial charge in [-0.3, -0.25) is 4.98 Å². The first-order valence-corrected chi connectivity index (χ1v) is 15.4. The highest BCUT2D eigenvalue weighted by molar-refractivity contribution is 6.74. The fraction of sp³-hybridized carbons (Fsp3) is 0.464. The fourth-order valence-electron chi connectivity index (χ4n) is 4.20. The van der Waals surface area contributed by atoms with Crippen LogP contribution >= 0.6 is 0 Å². The molecule has 1 aliphatic rings. The number of pyridine rings is 1. The molecule has 3 aromatic rings. The predicted octanol–water partition coefficient (Wildman–Crippen LogP) is 6.88. The molecule has 0 radical (unpaired) electrons. The van der Waals surface area contributed by atoms with E-state index in [9.17, 15) is 8.78 Å². The van der Waals surface area contributed by atoms with Crippen molar-refractivity contribution < 1.29 is 27.1 Å². The van der Waals surface area contributed by atoms with Crippen LogP contribution < -0.4 is 14.8 Å². The Morgan fingerprint density at radius 3 is 2.32 bits per heavy atom. The Balaban J connectivity index is 1.39. The molecule has 5 nitrogen and oxygen atoms in total. The van der Waals surface area contributed by atoms with Crippen molar-refractivity contribution in [3.05, 3.63) is 65.2 Å². The molecule has 0 atom stereocenters. The van der Waals surface area contributed by atoms with E-state index in [1.54, 1.807) is 18.5 Å². The van der Waals surface area contributed by atoms with E-state index >= 15 is 4.39 Å². The standard InChI is InChI=1S/C28H35F3N2O3Si/c1-28(2,3)37(5,6)35-16-17-9-24(29)23(21-7-8-32-14-22(17)21)15-33-18-10-19(11-18)36-20-12-25(30)27(34-4)26(31)13-20/h7-9,12-14,18-19,33H,10-11,15-16H2,1-6H3. The Bertz CT molecular complexity index is 1250. The molecule has 1 saturated carbocycles. The van der Waals surface area contributed by atoms with Gasteiger partial charge in [0.2, 0.25) is 0 Å². The van der Waals surface area contributed by atoms with Crippen molar-refractivity contribution >= 4 is 19.1 Å². The lowest BCUT2D eigenvalue weighted by Crippen LogP contribution is -2.46. The first-order valence-electron chi connectivity index (χ1n) is 12.5. The second kappa shape index (κ2) is 10.6. The number of nitrogens with one attached hydrogen (secondary N) is 1. The van der Waals surface area contributed by atoms with Crippen LogP contribution in [0, 0.1) is 17.5 Å². The number of rotatable bonds is 9. The highest BCUT2D eigenvalue weighted by Gasteiger charge is 2.37. The van der Waals surface area contributed by atoms with Gasteiger partial charge in [-0.05, 0) is 54.1 Å². The largest absolute Gasteiger partial charge is 0.491 e. The number of hydrogen-bond acceptors (Lipinski definition) is 5. The summed E-state index contributed by atoms with van der Waals surface area (Å²) < 4.78 is 59.9. The van der Waals surface area contributed by atoms with E-state index in [1.807, 2.05) is 6.07 Å². The van der Waals surface area contributed by atoms with Gasteiger partial charge in [0.1, 0.15) is 17.7 Å². The van der Waals surface area contributed by atoms with E-state index < -0.39 is 25.7 Å². The molecular formula is C28H35F3N2O3Si. The molecule has 1 N–H and O–H groups in total. The van der Waals surface area contributed by atoms with Crippen LogP contribution in [0.2, 0.25) is 18.1 Å². The molecular weight excluding hydrogens is 497 g/mol. The topological polar surface area (TPSA) is 52.6 Å². The molecule has 1 aromatic heterocycles. The van der Waals surface area contributed by atoms with E-state index in [4.69, 9.17) is 13.9 Å². The molecule has 9 heteroatoms. The summed E-state index contributed by atoms with van der Waals surface area (Å²) in [5.41, 5.74) is 1.38. The Morgan fingerprint density at radius 2 is 1.70 bits per heavy atom. The number of ether oxygens (including phenoxy) is 2. The number of benzene rings is 2. The summed E-state index contributed by atoms with van der Waals surface area (Å²) in [6.07, 6.45) is 4.56. The zero-order valence-corrected chi connectivity index (χ0v) is 23.3. The van der Waals surface area contributed by atoms with Crippen LogP contribution in [0.1, 0.15) is 44.7 Å². The normalized spacial score (nSPS) is 18.1. The van der Waals surface area contributed by atoms with Gasteiger partial charge in [0.25, 0.3) is 0 Å². The third-order valence-electron chi connectivity index (χ3n) is 7.62. The maximum Gasteiger partial charge on any atom is 0.192 e. The molecule has 1 aliphatic carbocycles. The SMILES string of the molecule is COc1c(F)cc(OC2CC(NCc3c(F)cc(CO[Si](C)(C)C(C)(C)C)c4cnccc34)C2)cc1F. The van der Waals surface area contributed by atoms with Crippen LogP contribution in [0.15, 0.2) is 36.7 Å². The van der Waals surface area contributed by atoms with Gasteiger partial charge < -0.3 is 19.2 Å². The van der Waals surface area contributed by atoms with Crippen LogP contribution in [-0.2, 0) is 17.6 Å². The van der Waals surface area contributed by atoms with E-state index in [1.165, 1.54) is 7.11 Å². The minimum Gasteiger partial charge on any atom is -0.491 e. The van der Waals surface area contributed by atoms with Gasteiger partial charge in [-0.15, -0.1) is 0 Å². The van der Waals surface area contributed by atoms with Crippen LogP contribution in [0.25, 0.3) is 10.8 Å². The molecule has 0 saturated heterocycles. The quantitative estimate of drug-likeness (QED) is 0.305. The monoisotopic (exact) mass is 532 g/mol. The first kappa shape index (κ1) is 27.4. The second-order valence-electron chi connectivity index (χ2n) is 11.2. The third-order valence-corrected chi connectivity index (χ3v) is 12.1. The molecule has 0 spiro atoms.